The number of morpholine rings is 1. The van der Waals surface area contributed by atoms with Gasteiger partial charge in [-0.1, -0.05) is 74.4 Å². The van der Waals surface area contributed by atoms with Gasteiger partial charge in [-0.25, -0.2) is 4.79 Å². The van der Waals surface area contributed by atoms with Crippen molar-refractivity contribution in [3.63, 3.8) is 0 Å². The average molecular weight is 957 g/mol. The third kappa shape index (κ3) is 31.5. The third-order valence-electron chi connectivity index (χ3n) is 9.86. The molecule has 5 fully saturated rings. The monoisotopic (exact) mass is 957 g/mol. The number of ether oxygens (including phenoxy) is 2. The van der Waals surface area contributed by atoms with Crippen LogP contribution in [0.15, 0.2) is 30.3 Å². The first-order valence-electron chi connectivity index (χ1n) is 21.8. The molecule has 5 aliphatic heterocycles. The van der Waals surface area contributed by atoms with E-state index in [1.54, 1.807) is 32.6 Å². The van der Waals surface area contributed by atoms with E-state index in [0.717, 1.165) is 61.9 Å². The van der Waals surface area contributed by atoms with Gasteiger partial charge >= 0.3 is 6.03 Å². The number of nitrogens with one attached hydrogen (secondary N) is 3. The van der Waals surface area contributed by atoms with Gasteiger partial charge in [0.25, 0.3) is 0 Å². The first-order chi connectivity index (χ1) is 29.5. The Morgan fingerprint density at radius 2 is 1.36 bits per heavy atom. The van der Waals surface area contributed by atoms with Crippen LogP contribution in [0.25, 0.3) is 0 Å². The second-order valence-corrected chi connectivity index (χ2v) is 19.7. The van der Waals surface area contributed by atoms with Gasteiger partial charge in [-0.15, -0.1) is 0 Å². The molecule has 64 heavy (non-hydrogen) atoms. The summed E-state index contributed by atoms with van der Waals surface area (Å²) in [5, 5.41) is 9.87. The lowest BCUT2D eigenvalue weighted by Gasteiger charge is -2.25. The first kappa shape index (κ1) is 62.7. The van der Waals surface area contributed by atoms with E-state index in [1.807, 2.05) is 70.6 Å². The zero-order valence-corrected chi connectivity index (χ0v) is 40.4. The van der Waals surface area contributed by atoms with Crippen molar-refractivity contribution in [2.45, 2.75) is 169 Å². The van der Waals surface area contributed by atoms with Crippen LogP contribution in [0.4, 0.5) is 4.79 Å². The number of carbonyl (C=O) groups is 8. The van der Waals surface area contributed by atoms with Gasteiger partial charge in [0.1, 0.15) is 29.7 Å². The summed E-state index contributed by atoms with van der Waals surface area (Å²) in [6.45, 7) is 14.4. The molecule has 366 valence electrons. The molecule has 4 amide bonds. The van der Waals surface area contributed by atoms with Crippen LogP contribution in [0, 0.1) is 0 Å². The van der Waals surface area contributed by atoms with Gasteiger partial charge in [-0.05, 0) is 85.3 Å². The van der Waals surface area contributed by atoms with Gasteiger partial charge in [0.15, 0.2) is 11.6 Å². The zero-order valence-electron chi connectivity index (χ0n) is 38.0. The molecule has 1 aromatic rings. The van der Waals surface area contributed by atoms with Crippen molar-refractivity contribution in [1.82, 2.24) is 20.9 Å². The van der Waals surface area contributed by atoms with E-state index in [2.05, 4.69) is 16.0 Å². The fourth-order valence-electron chi connectivity index (χ4n) is 6.17. The fraction of sp³-hybridized carbons (Fsp3) is 0.702. The predicted octanol–water partition coefficient (Wildman–Crippen LogP) is 8.22. The minimum Gasteiger partial charge on any atom is -0.486 e. The number of thioether (sulfide) groups is 1. The van der Waals surface area contributed by atoms with Gasteiger partial charge in [-0.3, -0.25) is 19.2 Å². The van der Waals surface area contributed by atoms with Crippen LogP contribution < -0.4 is 20.7 Å². The van der Waals surface area contributed by atoms with E-state index in [1.165, 1.54) is 38.9 Å². The summed E-state index contributed by atoms with van der Waals surface area (Å²) in [5.41, 5.74) is 0. The van der Waals surface area contributed by atoms with Gasteiger partial charge in [0, 0.05) is 67.7 Å². The van der Waals surface area contributed by atoms with Gasteiger partial charge in [-0.2, -0.15) is 11.8 Å². The summed E-state index contributed by atoms with van der Waals surface area (Å²) < 4.78 is 10.2. The number of fused-ring (bicyclic) bond motifs is 1. The summed E-state index contributed by atoms with van der Waals surface area (Å²) in [6.07, 6.45) is 11.5. The Morgan fingerprint density at radius 3 is 1.80 bits per heavy atom. The highest BCUT2D eigenvalue weighted by Crippen LogP contribution is 2.40. The SMILES string of the molecule is C.C.CC(=O)C1CCC(=O)N1.CC(=O)CCCCC1CCSS1.CC(=O)CCCCC1SCC2NC(=O)NC21.CC(=O)COc1ccccc1.CC(=O)N1CCOCC1.CCC(C)=O. The predicted molar refractivity (Wildman–Crippen MR) is 264 cm³/mol. The Kier molecular flexibility index (Phi) is 37.0. The minimum atomic E-state index is -0.197. The van der Waals surface area contributed by atoms with Crippen LogP contribution >= 0.6 is 33.3 Å². The quantitative estimate of drug-likeness (QED) is 0.0866. The lowest BCUT2D eigenvalue weighted by molar-refractivity contribution is -0.133. The van der Waals surface area contributed by atoms with Gasteiger partial charge in [0.2, 0.25) is 11.8 Å². The maximum absolute atomic E-state index is 11.1. The highest BCUT2D eigenvalue weighted by Gasteiger charge is 2.42. The molecule has 14 nitrogen and oxygen atoms in total. The average Bonchev–Trinajstić information content (AvgIpc) is 4.07. The topological polar surface area (TPSA) is 194 Å². The largest absolute Gasteiger partial charge is 0.486 e. The number of Topliss-reactive ketones (excluding diaryl/α,β-unsaturated/α-hetero) is 5. The number of hydrogen-bond donors (Lipinski definition) is 3. The summed E-state index contributed by atoms with van der Waals surface area (Å²) in [4.78, 5) is 86.4. The highest BCUT2D eigenvalue weighted by atomic mass is 33.1. The smallest absolute Gasteiger partial charge is 0.315 e. The van der Waals surface area contributed by atoms with Crippen molar-refractivity contribution in [2.75, 3.05) is 44.4 Å². The van der Waals surface area contributed by atoms with Crippen LogP contribution in [0.1, 0.15) is 140 Å². The molecule has 5 heterocycles. The molecule has 0 saturated carbocycles. The number of nitrogens with zero attached hydrogens (tertiary/aromatic N) is 1. The second kappa shape index (κ2) is 37.8. The van der Waals surface area contributed by atoms with E-state index in [0.29, 0.717) is 62.0 Å². The Morgan fingerprint density at radius 1 is 0.766 bits per heavy atom. The normalized spacial score (nSPS) is 20.9. The number of amides is 4. The molecule has 5 atom stereocenters. The summed E-state index contributed by atoms with van der Waals surface area (Å²) in [7, 11) is 4.03. The van der Waals surface area contributed by atoms with E-state index in [-0.39, 0.29) is 68.5 Å². The molecule has 0 aliphatic carbocycles. The molecule has 0 radical (unpaired) electrons. The van der Waals surface area contributed by atoms with E-state index < -0.39 is 0 Å². The van der Waals surface area contributed by atoms with Crippen LogP contribution in [-0.4, -0.2) is 125 Å². The third-order valence-corrected chi connectivity index (χ3v) is 14.4. The number of para-hydroxylation sites is 1. The molecule has 6 rings (SSSR count). The van der Waals surface area contributed by atoms with Crippen LogP contribution in [0.3, 0.4) is 0 Å². The minimum absolute atomic E-state index is 0. The number of carbonyl (C=O) groups excluding carboxylic acids is 8. The van der Waals surface area contributed by atoms with Crippen molar-refractivity contribution in [3.05, 3.63) is 30.3 Å². The summed E-state index contributed by atoms with van der Waals surface area (Å²) >= 11 is 1.93. The number of ketones is 5. The number of hydrogen-bond acceptors (Lipinski definition) is 13. The first-order valence-corrected chi connectivity index (χ1v) is 25.2. The Bertz CT molecular complexity index is 1530. The maximum atomic E-state index is 11.1. The molecular weight excluding hydrogens is 877 g/mol. The van der Waals surface area contributed by atoms with Crippen molar-refractivity contribution in [3.8, 4) is 5.75 Å². The molecule has 0 aromatic heterocycles. The van der Waals surface area contributed by atoms with Gasteiger partial charge in [0.05, 0.1) is 31.3 Å². The molecule has 5 unspecified atom stereocenters. The van der Waals surface area contributed by atoms with E-state index in [9.17, 15) is 38.4 Å². The lowest BCUT2D eigenvalue weighted by Crippen LogP contribution is -2.39. The van der Waals surface area contributed by atoms with Crippen molar-refractivity contribution >= 4 is 80.1 Å². The second-order valence-electron chi connectivity index (χ2n) is 15.6. The Balaban J connectivity index is 0. The van der Waals surface area contributed by atoms with Gasteiger partial charge < -0.3 is 44.7 Å². The zero-order chi connectivity index (χ0) is 46.3. The molecule has 0 bridgehead atoms. The number of urea groups is 1. The van der Waals surface area contributed by atoms with Crippen LogP contribution in [-0.2, 0) is 38.3 Å². The molecule has 0 spiro atoms. The van der Waals surface area contributed by atoms with Crippen LogP contribution in [0.2, 0.25) is 0 Å². The van der Waals surface area contributed by atoms with E-state index >= 15 is 0 Å². The van der Waals surface area contributed by atoms with Crippen LogP contribution in [0.5, 0.6) is 5.75 Å². The molecule has 5 aliphatic rings. The number of unbranched alkanes of at least 4 members (excludes halogenated alkanes) is 2. The molecule has 5 saturated heterocycles. The fourth-order valence-corrected chi connectivity index (χ4v) is 10.7. The lowest BCUT2D eigenvalue weighted by atomic mass is 10.0. The summed E-state index contributed by atoms with van der Waals surface area (Å²) in [6, 6.07) is 9.68. The Labute approximate surface area is 396 Å². The van der Waals surface area contributed by atoms with Crippen molar-refractivity contribution < 1.29 is 47.8 Å². The molecule has 1 aromatic carbocycles. The van der Waals surface area contributed by atoms with Crippen molar-refractivity contribution in [2.24, 2.45) is 0 Å². The number of benzene rings is 1. The summed E-state index contributed by atoms with van der Waals surface area (Å²) in [5.74, 6) is 4.18. The standard InChI is InChI=1S/C11H18N2O2S.C9H10O2.C9H16OS2.C6H11NO2.C6H9NO2.C4H8O.2CH4/c1-7(14)4-2-3-5-9-10-8(6-16-9)12-11(15)13-10;1-8(10)7-11-9-5-3-2-4-6-9;1-8(10)4-2-3-5-9-6-7-11-12-9;1-6(8)7-2-4-9-5-3-7;1-4(8)5-2-3-6(9)7-5;1-3-4(2)5;;/h8-10H,2-6H2,1H3,(H2,12,13,15);2-6H,7H2,1H3;9H,2-7H2,1H3;2-5H2,1H3;5H,2-3H2,1H3,(H,7,9);3H2,1-2H3;2*1H4. The maximum Gasteiger partial charge on any atom is 0.315 e. The number of rotatable bonds is 15. The molecule has 17 heteroatoms. The van der Waals surface area contributed by atoms with E-state index in [4.69, 9.17) is 9.47 Å². The molecular formula is C47H80N4O10S3. The Hall–Kier alpha value is -3.41. The van der Waals surface area contributed by atoms with Crippen molar-refractivity contribution in [1.29, 1.82) is 0 Å². The molecule has 3 N–H and O–H groups in total. The highest BCUT2D eigenvalue weighted by molar-refractivity contribution is 8.77.